The first-order chi connectivity index (χ1) is 8.04. The van der Waals surface area contributed by atoms with Crippen LogP contribution in [0.4, 0.5) is 10.3 Å². The molecule has 2 N–H and O–H groups in total. The third kappa shape index (κ3) is 2.69. The Bertz CT molecular complexity index is 537. The van der Waals surface area contributed by atoms with Gasteiger partial charge in [0.15, 0.2) is 0 Å². The van der Waals surface area contributed by atoms with Crippen molar-refractivity contribution >= 4 is 5.95 Å². The van der Waals surface area contributed by atoms with Gasteiger partial charge in [0.05, 0.1) is 0 Å². The lowest BCUT2D eigenvalue weighted by Gasteiger charge is -2.08. The van der Waals surface area contributed by atoms with Crippen LogP contribution in [0.5, 0.6) is 11.6 Å². The molecule has 2 rings (SSSR count). The van der Waals surface area contributed by atoms with Crippen LogP contribution in [-0.2, 0) is 0 Å². The van der Waals surface area contributed by atoms with Crippen molar-refractivity contribution in [1.82, 2.24) is 9.97 Å². The fraction of sp³-hybridized carbons (Fsp3) is 0.167. The first-order valence-corrected chi connectivity index (χ1v) is 5.10. The predicted octanol–water partition coefficient (Wildman–Crippen LogP) is 2.61. The summed E-state index contributed by atoms with van der Waals surface area (Å²) in [4.78, 5) is 7.88. The van der Waals surface area contributed by atoms with E-state index in [0.717, 1.165) is 0 Å². The minimum Gasteiger partial charge on any atom is -0.439 e. The molecule has 0 saturated carbocycles. The number of aryl methyl sites for hydroxylation is 2. The Morgan fingerprint density at radius 1 is 1.18 bits per heavy atom. The van der Waals surface area contributed by atoms with Crippen LogP contribution in [0.15, 0.2) is 24.3 Å². The topological polar surface area (TPSA) is 61.0 Å². The Balaban J connectivity index is 2.31. The number of halogens is 1. The van der Waals surface area contributed by atoms with Gasteiger partial charge in [0.2, 0.25) is 11.8 Å². The van der Waals surface area contributed by atoms with E-state index in [-0.39, 0.29) is 11.8 Å². The smallest absolute Gasteiger partial charge is 0.224 e. The van der Waals surface area contributed by atoms with Gasteiger partial charge in [-0.2, -0.15) is 4.98 Å². The van der Waals surface area contributed by atoms with Crippen molar-refractivity contribution in [2.24, 2.45) is 0 Å². The van der Waals surface area contributed by atoms with Gasteiger partial charge in [-0.25, -0.2) is 9.37 Å². The number of aromatic nitrogens is 2. The van der Waals surface area contributed by atoms with Crippen LogP contribution in [0, 0.1) is 19.7 Å². The number of hydrogen-bond donors (Lipinski definition) is 1. The van der Waals surface area contributed by atoms with Crippen LogP contribution in [-0.4, -0.2) is 9.97 Å². The van der Waals surface area contributed by atoms with Crippen LogP contribution in [0.3, 0.4) is 0 Å². The molecule has 0 unspecified atom stereocenters. The first kappa shape index (κ1) is 11.3. The number of nitrogens with two attached hydrogens (primary N) is 1. The molecule has 0 bridgehead atoms. The van der Waals surface area contributed by atoms with Gasteiger partial charge >= 0.3 is 0 Å². The number of nitrogen functional groups attached to an aromatic ring is 1. The summed E-state index contributed by atoms with van der Waals surface area (Å²) < 4.78 is 18.4. The van der Waals surface area contributed by atoms with Gasteiger partial charge in [-0.05, 0) is 37.6 Å². The van der Waals surface area contributed by atoms with E-state index in [1.165, 1.54) is 12.1 Å². The third-order valence-corrected chi connectivity index (χ3v) is 2.20. The lowest BCUT2D eigenvalue weighted by atomic mass is 10.2. The van der Waals surface area contributed by atoms with Gasteiger partial charge in [0.1, 0.15) is 11.6 Å². The molecule has 0 aliphatic carbocycles. The fourth-order valence-corrected chi connectivity index (χ4v) is 1.45. The minimum absolute atomic E-state index is 0.153. The second-order valence-corrected chi connectivity index (χ2v) is 3.72. The van der Waals surface area contributed by atoms with E-state index in [0.29, 0.717) is 22.9 Å². The molecule has 2 aromatic rings. The number of rotatable bonds is 2. The highest BCUT2D eigenvalue weighted by Crippen LogP contribution is 2.24. The molecule has 1 aromatic carbocycles. The van der Waals surface area contributed by atoms with Gasteiger partial charge in [0, 0.05) is 11.8 Å². The van der Waals surface area contributed by atoms with Gasteiger partial charge in [-0.15, -0.1) is 0 Å². The van der Waals surface area contributed by atoms with E-state index in [2.05, 4.69) is 9.97 Å². The highest BCUT2D eigenvalue weighted by atomic mass is 19.1. The Morgan fingerprint density at radius 2 is 1.94 bits per heavy atom. The van der Waals surface area contributed by atoms with Gasteiger partial charge in [0.25, 0.3) is 0 Å². The number of hydrogen-bond acceptors (Lipinski definition) is 4. The molecule has 5 heteroatoms. The van der Waals surface area contributed by atoms with Crippen molar-refractivity contribution in [2.45, 2.75) is 13.8 Å². The summed E-state index contributed by atoms with van der Waals surface area (Å²) in [7, 11) is 0. The van der Waals surface area contributed by atoms with Gasteiger partial charge in [-0.3, -0.25) is 0 Å². The molecule has 0 atom stereocenters. The van der Waals surface area contributed by atoms with Gasteiger partial charge < -0.3 is 10.5 Å². The standard InChI is InChI=1S/C12H12FN3O/c1-7-5-9(13)3-4-10(7)17-11-6-8(2)15-12(14)16-11/h3-6H,1-2H3,(H2,14,15,16). The number of nitrogens with zero attached hydrogens (tertiary/aromatic N) is 2. The molecule has 1 heterocycles. The summed E-state index contributed by atoms with van der Waals surface area (Å²) in [6, 6.07) is 5.95. The average molecular weight is 233 g/mol. The van der Waals surface area contributed by atoms with E-state index in [1.54, 1.807) is 26.0 Å². The fourth-order valence-electron chi connectivity index (χ4n) is 1.45. The van der Waals surface area contributed by atoms with E-state index in [1.807, 2.05) is 0 Å². The summed E-state index contributed by atoms with van der Waals surface area (Å²) in [5.41, 5.74) is 6.92. The highest BCUT2D eigenvalue weighted by molar-refractivity contribution is 5.36. The lowest BCUT2D eigenvalue weighted by Crippen LogP contribution is -1.99. The summed E-state index contributed by atoms with van der Waals surface area (Å²) in [6.45, 7) is 3.55. The molecule has 0 aliphatic heterocycles. The first-order valence-electron chi connectivity index (χ1n) is 5.10. The van der Waals surface area contributed by atoms with Crippen LogP contribution in [0.2, 0.25) is 0 Å². The zero-order valence-electron chi connectivity index (χ0n) is 9.57. The monoisotopic (exact) mass is 233 g/mol. The summed E-state index contributed by atoms with van der Waals surface area (Å²) in [5.74, 6) is 0.751. The molecular formula is C12H12FN3O. The van der Waals surface area contributed by atoms with Crippen molar-refractivity contribution in [3.63, 3.8) is 0 Å². The van der Waals surface area contributed by atoms with Crippen LogP contribution < -0.4 is 10.5 Å². The molecule has 0 aliphatic rings. The summed E-state index contributed by atoms with van der Waals surface area (Å²) in [5, 5.41) is 0. The van der Waals surface area contributed by atoms with E-state index in [4.69, 9.17) is 10.5 Å². The maximum Gasteiger partial charge on any atom is 0.224 e. The molecule has 0 radical (unpaired) electrons. The number of ether oxygens (including phenoxy) is 1. The molecule has 0 amide bonds. The van der Waals surface area contributed by atoms with Crippen molar-refractivity contribution in [3.05, 3.63) is 41.3 Å². The Labute approximate surface area is 98.3 Å². The lowest BCUT2D eigenvalue weighted by molar-refractivity contribution is 0.456. The largest absolute Gasteiger partial charge is 0.439 e. The zero-order chi connectivity index (χ0) is 12.4. The van der Waals surface area contributed by atoms with Crippen molar-refractivity contribution in [2.75, 3.05) is 5.73 Å². The molecule has 0 spiro atoms. The normalized spacial score (nSPS) is 10.3. The Morgan fingerprint density at radius 3 is 2.59 bits per heavy atom. The number of benzene rings is 1. The maximum absolute atomic E-state index is 12.9. The quantitative estimate of drug-likeness (QED) is 0.866. The van der Waals surface area contributed by atoms with Crippen LogP contribution in [0.25, 0.3) is 0 Å². The predicted molar refractivity (Wildman–Crippen MR) is 62.4 cm³/mol. The van der Waals surface area contributed by atoms with Crippen LogP contribution >= 0.6 is 0 Å². The number of anilines is 1. The molecule has 0 fully saturated rings. The molecular weight excluding hydrogens is 221 g/mol. The highest BCUT2D eigenvalue weighted by Gasteiger charge is 2.05. The van der Waals surface area contributed by atoms with E-state index >= 15 is 0 Å². The van der Waals surface area contributed by atoms with E-state index in [9.17, 15) is 4.39 Å². The maximum atomic E-state index is 12.9. The Kier molecular flexibility index (Phi) is 2.91. The zero-order valence-corrected chi connectivity index (χ0v) is 9.57. The van der Waals surface area contributed by atoms with Crippen molar-refractivity contribution in [3.8, 4) is 11.6 Å². The molecule has 0 saturated heterocycles. The summed E-state index contributed by atoms with van der Waals surface area (Å²) >= 11 is 0. The Hall–Kier alpha value is -2.17. The summed E-state index contributed by atoms with van der Waals surface area (Å²) in [6.07, 6.45) is 0. The molecule has 1 aromatic heterocycles. The SMILES string of the molecule is Cc1cc(Oc2ccc(F)cc2C)nc(N)n1. The molecule has 88 valence electrons. The van der Waals surface area contributed by atoms with Crippen molar-refractivity contribution < 1.29 is 9.13 Å². The third-order valence-electron chi connectivity index (χ3n) is 2.20. The van der Waals surface area contributed by atoms with Gasteiger partial charge in [-0.1, -0.05) is 0 Å². The van der Waals surface area contributed by atoms with Crippen LogP contribution in [0.1, 0.15) is 11.3 Å². The minimum atomic E-state index is -0.298. The second kappa shape index (κ2) is 4.37. The molecule has 4 nitrogen and oxygen atoms in total. The molecule has 17 heavy (non-hydrogen) atoms. The van der Waals surface area contributed by atoms with Crippen molar-refractivity contribution in [1.29, 1.82) is 0 Å². The van der Waals surface area contributed by atoms with E-state index < -0.39 is 0 Å². The second-order valence-electron chi connectivity index (χ2n) is 3.72. The average Bonchev–Trinajstić information content (AvgIpc) is 2.21.